The Balaban J connectivity index is 0.000000440. The molecule has 0 unspecified atom stereocenters. The van der Waals surface area contributed by atoms with Crippen LogP contribution in [0.1, 0.15) is 355 Å². The highest BCUT2D eigenvalue weighted by Gasteiger charge is 2.33. The standard InChI is InChI=1S/C48H69N3O6.C35H62O3/c1-43(2,3)31-19-28(20-32(37(31)52)44(4,5)6)25-49-40(55)50(26-29-21-33(45(7,8)9)38(53)34(22-29)46(10,11)12)42(57)51(41(49)56)27-30-23-35(47(13,14)15)39(54)36(24-30)48(16,17)18;1-8-9-10-11-12-13-14-15-16-17-18-19-20-21-22-23-24-29-28(25-26-31(36)37)27-30(34(2,3)4)33(38)32(29)35(5,6)7/h19-24,52-54H,25-27H2,1-18H3;27,38H,8-26H2,1-7H3,(H,36,37). The van der Waals surface area contributed by atoms with Crippen LogP contribution in [-0.2, 0) is 80.6 Å². The lowest BCUT2D eigenvalue weighted by Gasteiger charge is -2.31. The van der Waals surface area contributed by atoms with E-state index in [2.05, 4.69) is 54.5 Å². The molecule has 1 heterocycles. The number of unbranched alkanes of at least 4 members (excludes halogenated alkanes) is 15. The van der Waals surface area contributed by atoms with Crippen LogP contribution in [0.3, 0.4) is 0 Å². The van der Waals surface area contributed by atoms with Gasteiger partial charge in [-0.05, 0) is 166 Å². The SMILES string of the molecule is CC(C)(C)c1cc(Cn2c(=O)n(Cc3cc(C(C)(C)C)c(O)c(C(C)(C)C)c3)c(=O)n(Cc3cc(C(C)(C)C)c(O)c(C(C)(C)C)c3)c2=O)cc(C(C)(C)C)c1O.CCCCCCCCCCCCCCCCCCc1c(CCC(=O)O)cc(C(C)(C)C)c(O)c1C(C)(C)C. The van der Waals surface area contributed by atoms with E-state index in [-0.39, 0.29) is 54.1 Å². The van der Waals surface area contributed by atoms with Crippen LogP contribution in [0.5, 0.6) is 23.0 Å². The molecule has 12 heteroatoms. The van der Waals surface area contributed by atoms with Crippen molar-refractivity contribution in [3.8, 4) is 23.0 Å². The molecule has 532 valence electrons. The molecule has 1 aromatic heterocycles. The molecule has 5 aromatic rings. The lowest BCUT2D eigenvalue weighted by Crippen LogP contribution is -2.55. The van der Waals surface area contributed by atoms with Gasteiger partial charge in [-0.3, -0.25) is 4.79 Å². The maximum Gasteiger partial charge on any atom is 0.336 e. The Hall–Kier alpha value is -6.04. The number of phenols is 4. The second-order valence-electron chi connectivity index (χ2n) is 36.0. The molecule has 5 rings (SSSR count). The Kier molecular flexibility index (Phi) is 27.9. The van der Waals surface area contributed by atoms with E-state index in [9.17, 15) is 44.7 Å². The summed E-state index contributed by atoms with van der Waals surface area (Å²) in [6.07, 6.45) is 23.2. The van der Waals surface area contributed by atoms with Gasteiger partial charge in [0.25, 0.3) is 0 Å². The van der Waals surface area contributed by atoms with Crippen molar-refractivity contribution < 1.29 is 30.3 Å². The number of aliphatic carboxylic acids is 1. The van der Waals surface area contributed by atoms with Crippen molar-refractivity contribution in [3.05, 3.63) is 146 Å². The zero-order valence-corrected chi connectivity index (χ0v) is 64.3. The third kappa shape index (κ3) is 22.8. The number of benzene rings is 4. The molecule has 0 radical (unpaired) electrons. The number of carboxylic acid groups (broad SMARTS) is 1. The fourth-order valence-electron chi connectivity index (χ4n) is 13.2. The van der Waals surface area contributed by atoms with Crippen molar-refractivity contribution in [2.45, 2.75) is 358 Å². The summed E-state index contributed by atoms with van der Waals surface area (Å²) in [6, 6.07) is 13.1. The van der Waals surface area contributed by atoms with Crippen LogP contribution in [0.25, 0.3) is 0 Å². The molecule has 0 aliphatic heterocycles. The molecule has 0 aliphatic carbocycles. The Bertz CT molecular complexity index is 3170. The quantitative estimate of drug-likeness (QED) is 0.0336. The minimum absolute atomic E-state index is 0.129. The smallest absolute Gasteiger partial charge is 0.336 e. The monoisotopic (exact) mass is 1310 g/mol. The van der Waals surface area contributed by atoms with Crippen molar-refractivity contribution in [3.63, 3.8) is 0 Å². The fourth-order valence-corrected chi connectivity index (χ4v) is 13.2. The van der Waals surface area contributed by atoms with Crippen molar-refractivity contribution >= 4 is 5.97 Å². The van der Waals surface area contributed by atoms with E-state index < -0.39 is 55.5 Å². The van der Waals surface area contributed by atoms with E-state index in [1.54, 1.807) is 0 Å². The number of aryl methyl sites for hydroxylation is 1. The molecule has 12 nitrogen and oxygen atoms in total. The van der Waals surface area contributed by atoms with Crippen LogP contribution in [0.2, 0.25) is 0 Å². The van der Waals surface area contributed by atoms with Gasteiger partial charge in [0.2, 0.25) is 0 Å². The Morgan fingerprint density at radius 1 is 0.326 bits per heavy atom. The minimum Gasteiger partial charge on any atom is -0.507 e. The summed E-state index contributed by atoms with van der Waals surface area (Å²) in [5.41, 5.74) is 4.91. The van der Waals surface area contributed by atoms with E-state index in [0.717, 1.165) is 43.2 Å². The fraction of sp³-hybridized carbons (Fsp3) is 0.663. The summed E-state index contributed by atoms with van der Waals surface area (Å²) >= 11 is 0. The number of aromatic nitrogens is 3. The first kappa shape index (κ1) is 81.4. The van der Waals surface area contributed by atoms with Crippen LogP contribution >= 0.6 is 0 Å². The van der Waals surface area contributed by atoms with Gasteiger partial charge in [0, 0.05) is 12.0 Å². The molecule has 0 bridgehead atoms. The molecule has 4 aromatic carbocycles. The van der Waals surface area contributed by atoms with Gasteiger partial charge in [-0.2, -0.15) is 0 Å². The number of carboxylic acids is 1. The lowest BCUT2D eigenvalue weighted by molar-refractivity contribution is -0.136. The third-order valence-corrected chi connectivity index (χ3v) is 18.7. The van der Waals surface area contributed by atoms with Gasteiger partial charge in [-0.15, -0.1) is 0 Å². The van der Waals surface area contributed by atoms with Crippen molar-refractivity contribution in [1.29, 1.82) is 0 Å². The van der Waals surface area contributed by atoms with Gasteiger partial charge in [0.15, 0.2) is 0 Å². The highest BCUT2D eigenvalue weighted by atomic mass is 16.4. The lowest BCUT2D eigenvalue weighted by atomic mass is 9.74. The van der Waals surface area contributed by atoms with E-state index >= 15 is 0 Å². The Morgan fingerprint density at radius 2 is 0.558 bits per heavy atom. The van der Waals surface area contributed by atoms with Crippen LogP contribution in [0.15, 0.2) is 56.8 Å². The molecule has 0 saturated carbocycles. The topological polar surface area (TPSA) is 184 Å². The van der Waals surface area contributed by atoms with E-state index in [0.29, 0.717) is 62.2 Å². The molecule has 95 heavy (non-hydrogen) atoms. The average Bonchev–Trinajstić information content (AvgIpc) is 0.774. The first-order valence-electron chi connectivity index (χ1n) is 36.1. The second kappa shape index (κ2) is 32.5. The molecular formula is C83H131N3O9. The summed E-state index contributed by atoms with van der Waals surface area (Å²) in [7, 11) is 0. The summed E-state index contributed by atoms with van der Waals surface area (Å²) < 4.78 is 3.33. The number of phenolic OH excluding ortho intramolecular Hbond substituents is 4. The van der Waals surface area contributed by atoms with E-state index in [1.807, 2.05) is 161 Å². The van der Waals surface area contributed by atoms with Crippen molar-refractivity contribution in [1.82, 2.24) is 13.7 Å². The number of nitrogens with zero attached hydrogens (tertiary/aromatic N) is 3. The predicted molar refractivity (Wildman–Crippen MR) is 398 cm³/mol. The number of aromatic hydroxyl groups is 4. The Labute approximate surface area is 574 Å². The van der Waals surface area contributed by atoms with E-state index in [1.165, 1.54) is 102 Å². The first-order chi connectivity index (χ1) is 43.4. The molecule has 5 N–H and O–H groups in total. The van der Waals surface area contributed by atoms with Crippen LogP contribution in [0.4, 0.5) is 0 Å². The zero-order chi connectivity index (χ0) is 72.4. The van der Waals surface area contributed by atoms with Crippen LogP contribution < -0.4 is 17.1 Å². The van der Waals surface area contributed by atoms with Crippen molar-refractivity contribution in [2.24, 2.45) is 0 Å². The zero-order valence-electron chi connectivity index (χ0n) is 64.3. The van der Waals surface area contributed by atoms with Gasteiger partial charge in [0.1, 0.15) is 23.0 Å². The largest absolute Gasteiger partial charge is 0.507 e. The first-order valence-corrected chi connectivity index (χ1v) is 36.1. The Morgan fingerprint density at radius 3 is 0.779 bits per heavy atom. The molecule has 0 aliphatic rings. The molecule has 0 spiro atoms. The van der Waals surface area contributed by atoms with Crippen LogP contribution in [-0.4, -0.2) is 45.2 Å². The second-order valence-corrected chi connectivity index (χ2v) is 36.0. The van der Waals surface area contributed by atoms with Gasteiger partial charge >= 0.3 is 23.0 Å². The third-order valence-electron chi connectivity index (χ3n) is 18.7. The predicted octanol–water partition coefficient (Wildman–Crippen LogP) is 20.0. The number of hydrogen-bond acceptors (Lipinski definition) is 8. The molecule has 0 saturated heterocycles. The maximum absolute atomic E-state index is 14.7. The molecule has 0 amide bonds. The van der Waals surface area contributed by atoms with Gasteiger partial charge in [-0.25, -0.2) is 28.1 Å². The maximum atomic E-state index is 14.7. The summed E-state index contributed by atoms with van der Waals surface area (Å²) in [5.74, 6) is 0.196. The number of hydrogen-bond donors (Lipinski definition) is 5. The van der Waals surface area contributed by atoms with Crippen LogP contribution in [0, 0.1) is 0 Å². The summed E-state index contributed by atoms with van der Waals surface area (Å²) in [6.45, 7) is 50.7. The highest BCUT2D eigenvalue weighted by Crippen LogP contribution is 2.46. The summed E-state index contributed by atoms with van der Waals surface area (Å²) in [4.78, 5) is 55.4. The number of carbonyl (C=O) groups is 1. The van der Waals surface area contributed by atoms with Crippen molar-refractivity contribution in [2.75, 3.05) is 0 Å². The average molecular weight is 1310 g/mol. The summed E-state index contributed by atoms with van der Waals surface area (Å²) in [5, 5.41) is 55.1. The van der Waals surface area contributed by atoms with Gasteiger partial charge in [0.05, 0.1) is 19.6 Å². The molecule has 0 atom stereocenters. The normalized spacial score (nSPS) is 12.9. The van der Waals surface area contributed by atoms with Gasteiger partial charge < -0.3 is 25.5 Å². The van der Waals surface area contributed by atoms with E-state index in [4.69, 9.17) is 0 Å². The molecular weight excluding hydrogens is 1180 g/mol. The minimum atomic E-state index is -0.763. The van der Waals surface area contributed by atoms with Gasteiger partial charge in [-0.1, -0.05) is 275 Å². The molecule has 0 fully saturated rings. The highest BCUT2D eigenvalue weighted by molar-refractivity contribution is 5.67. The number of rotatable bonds is 26.